The molecule has 2 amide bonds. The number of carbonyl (C=O) groups excluding carboxylic acids is 2. The predicted molar refractivity (Wildman–Crippen MR) is 130 cm³/mol. The molecule has 3 rings (SSSR count). The normalized spacial score (nSPS) is 10.3. The van der Waals surface area contributed by atoms with Gasteiger partial charge in [-0.1, -0.05) is 54.6 Å². The Morgan fingerprint density at radius 1 is 0.788 bits per heavy atom. The molecule has 0 aromatic heterocycles. The minimum absolute atomic E-state index is 0.0598. The molecule has 0 spiro atoms. The summed E-state index contributed by atoms with van der Waals surface area (Å²) < 4.78 is 11.5. The fourth-order valence-electron chi connectivity index (χ4n) is 2.91. The molecule has 0 aliphatic heterocycles. The lowest BCUT2D eigenvalue weighted by Crippen LogP contribution is -2.48. The number of benzene rings is 3. The lowest BCUT2D eigenvalue weighted by molar-refractivity contribution is 0.0929. The fourth-order valence-corrected chi connectivity index (χ4v) is 3.05. The molecule has 0 bridgehead atoms. The molecule has 0 aliphatic rings. The van der Waals surface area contributed by atoms with E-state index < -0.39 is 11.8 Å². The molecule has 0 radical (unpaired) electrons. The van der Waals surface area contributed by atoms with Gasteiger partial charge in [-0.3, -0.25) is 25.8 Å². The zero-order valence-corrected chi connectivity index (χ0v) is 19.1. The van der Waals surface area contributed by atoms with Crippen LogP contribution in [-0.4, -0.2) is 23.0 Å². The van der Waals surface area contributed by atoms with E-state index in [1.165, 1.54) is 0 Å². The van der Waals surface area contributed by atoms with Gasteiger partial charge in [-0.15, -0.1) is 0 Å². The SMILES string of the molecule is CC(C)Oc1ccccc1C(=O)NC(=S)NNC(=O)c1ccccc1OCc1ccccc1. The first-order valence-corrected chi connectivity index (χ1v) is 10.8. The van der Waals surface area contributed by atoms with Crippen LogP contribution in [0.5, 0.6) is 11.5 Å². The van der Waals surface area contributed by atoms with Gasteiger partial charge >= 0.3 is 0 Å². The van der Waals surface area contributed by atoms with Crippen molar-refractivity contribution in [3.05, 3.63) is 95.6 Å². The Labute approximate surface area is 198 Å². The third kappa shape index (κ3) is 7.05. The first-order valence-electron chi connectivity index (χ1n) is 10.4. The molecular weight excluding hydrogens is 438 g/mol. The van der Waals surface area contributed by atoms with Crippen molar-refractivity contribution >= 4 is 29.1 Å². The van der Waals surface area contributed by atoms with Crippen LogP contribution >= 0.6 is 12.2 Å². The molecule has 8 heteroatoms. The van der Waals surface area contributed by atoms with Crippen LogP contribution in [0, 0.1) is 0 Å². The number of hydrogen-bond acceptors (Lipinski definition) is 5. The van der Waals surface area contributed by atoms with Crippen LogP contribution in [-0.2, 0) is 6.61 Å². The Balaban J connectivity index is 1.57. The zero-order valence-electron chi connectivity index (χ0n) is 18.3. The molecule has 0 saturated heterocycles. The highest BCUT2D eigenvalue weighted by molar-refractivity contribution is 7.80. The van der Waals surface area contributed by atoms with Gasteiger partial charge in [-0.25, -0.2) is 0 Å². The van der Waals surface area contributed by atoms with Crippen molar-refractivity contribution in [3.63, 3.8) is 0 Å². The number of amides is 2. The average Bonchev–Trinajstić information content (AvgIpc) is 2.82. The van der Waals surface area contributed by atoms with Gasteiger partial charge in [0.25, 0.3) is 11.8 Å². The zero-order chi connectivity index (χ0) is 23.6. The van der Waals surface area contributed by atoms with Gasteiger partial charge in [-0.05, 0) is 55.9 Å². The van der Waals surface area contributed by atoms with E-state index >= 15 is 0 Å². The first-order chi connectivity index (χ1) is 15.9. The van der Waals surface area contributed by atoms with Crippen molar-refractivity contribution in [2.24, 2.45) is 0 Å². The van der Waals surface area contributed by atoms with E-state index in [4.69, 9.17) is 21.7 Å². The maximum Gasteiger partial charge on any atom is 0.273 e. The van der Waals surface area contributed by atoms with E-state index in [-0.39, 0.29) is 11.2 Å². The smallest absolute Gasteiger partial charge is 0.273 e. The first kappa shape index (κ1) is 23.7. The van der Waals surface area contributed by atoms with Gasteiger partial charge in [0.15, 0.2) is 5.11 Å². The van der Waals surface area contributed by atoms with Crippen molar-refractivity contribution in [2.45, 2.75) is 26.6 Å². The standard InChI is InChI=1S/C25H25N3O4S/c1-17(2)32-22-15-9-7-13-20(22)23(29)26-25(33)28-27-24(30)19-12-6-8-14-21(19)31-16-18-10-4-3-5-11-18/h3-15,17H,16H2,1-2H3,(H,27,30)(H2,26,28,29,33). The highest BCUT2D eigenvalue weighted by Crippen LogP contribution is 2.20. The van der Waals surface area contributed by atoms with Gasteiger partial charge in [0.05, 0.1) is 17.2 Å². The number of nitrogens with one attached hydrogen (secondary N) is 3. The molecule has 3 N–H and O–H groups in total. The number of carbonyl (C=O) groups is 2. The second-order valence-electron chi connectivity index (χ2n) is 7.30. The molecule has 170 valence electrons. The van der Waals surface area contributed by atoms with Crippen molar-refractivity contribution in [2.75, 3.05) is 0 Å². The second kappa shape index (κ2) is 11.6. The highest BCUT2D eigenvalue weighted by atomic mass is 32.1. The quantitative estimate of drug-likeness (QED) is 0.363. The van der Waals surface area contributed by atoms with Crippen molar-refractivity contribution < 1.29 is 19.1 Å². The lowest BCUT2D eigenvalue weighted by Gasteiger charge is -2.15. The van der Waals surface area contributed by atoms with Gasteiger partial charge in [0.1, 0.15) is 18.1 Å². The Morgan fingerprint density at radius 2 is 1.36 bits per heavy atom. The summed E-state index contributed by atoms with van der Waals surface area (Å²) in [6.45, 7) is 4.07. The van der Waals surface area contributed by atoms with Crippen LogP contribution < -0.4 is 25.6 Å². The van der Waals surface area contributed by atoms with E-state index in [1.54, 1.807) is 48.5 Å². The van der Waals surface area contributed by atoms with E-state index in [2.05, 4.69) is 16.2 Å². The maximum absolute atomic E-state index is 12.7. The Bertz CT molecular complexity index is 1120. The Morgan fingerprint density at radius 3 is 2.03 bits per heavy atom. The molecule has 0 saturated carbocycles. The third-order valence-corrected chi connectivity index (χ3v) is 4.58. The van der Waals surface area contributed by atoms with Gasteiger partial charge in [0, 0.05) is 0 Å². The molecule has 33 heavy (non-hydrogen) atoms. The number of hydrogen-bond donors (Lipinski definition) is 3. The summed E-state index contributed by atoms with van der Waals surface area (Å²) in [4.78, 5) is 25.3. The monoisotopic (exact) mass is 463 g/mol. The van der Waals surface area contributed by atoms with Crippen LogP contribution in [0.2, 0.25) is 0 Å². The summed E-state index contributed by atoms with van der Waals surface area (Å²) in [7, 11) is 0. The third-order valence-electron chi connectivity index (χ3n) is 4.38. The highest BCUT2D eigenvalue weighted by Gasteiger charge is 2.16. The minimum atomic E-state index is -0.459. The number of ether oxygens (including phenoxy) is 2. The molecule has 0 atom stereocenters. The fraction of sp³-hybridized carbons (Fsp3) is 0.160. The molecule has 0 heterocycles. The topological polar surface area (TPSA) is 88.7 Å². The van der Waals surface area contributed by atoms with Gasteiger partial charge in [-0.2, -0.15) is 0 Å². The van der Waals surface area contributed by atoms with E-state index in [1.807, 2.05) is 44.2 Å². The van der Waals surface area contributed by atoms with Crippen LogP contribution in [0.25, 0.3) is 0 Å². The summed E-state index contributed by atoms with van der Waals surface area (Å²) in [5.74, 6) is -0.0416. The van der Waals surface area contributed by atoms with E-state index in [0.717, 1.165) is 5.56 Å². The molecule has 0 aliphatic carbocycles. The van der Waals surface area contributed by atoms with Crippen LogP contribution in [0.3, 0.4) is 0 Å². The second-order valence-corrected chi connectivity index (χ2v) is 7.70. The van der Waals surface area contributed by atoms with Crippen molar-refractivity contribution in [1.82, 2.24) is 16.2 Å². The Hall–Kier alpha value is -3.91. The summed E-state index contributed by atoms with van der Waals surface area (Å²) in [6.07, 6.45) is -0.0903. The molecule has 0 fully saturated rings. The summed E-state index contributed by atoms with van der Waals surface area (Å²) in [5, 5.41) is 2.47. The summed E-state index contributed by atoms with van der Waals surface area (Å²) in [5.41, 5.74) is 6.67. The van der Waals surface area contributed by atoms with Crippen LogP contribution in [0.1, 0.15) is 40.1 Å². The number of hydrazine groups is 1. The van der Waals surface area contributed by atoms with E-state index in [9.17, 15) is 9.59 Å². The number of para-hydroxylation sites is 2. The van der Waals surface area contributed by atoms with Gasteiger partial charge in [0.2, 0.25) is 0 Å². The Kier molecular flexibility index (Phi) is 8.37. The average molecular weight is 464 g/mol. The molecule has 3 aromatic rings. The van der Waals surface area contributed by atoms with Gasteiger partial charge < -0.3 is 9.47 Å². The van der Waals surface area contributed by atoms with E-state index in [0.29, 0.717) is 29.2 Å². The van der Waals surface area contributed by atoms with Crippen LogP contribution in [0.4, 0.5) is 0 Å². The van der Waals surface area contributed by atoms with Crippen molar-refractivity contribution in [1.29, 1.82) is 0 Å². The molecule has 7 nitrogen and oxygen atoms in total. The lowest BCUT2D eigenvalue weighted by atomic mass is 10.2. The predicted octanol–water partition coefficient (Wildman–Crippen LogP) is 4.00. The largest absolute Gasteiger partial charge is 0.490 e. The minimum Gasteiger partial charge on any atom is -0.490 e. The van der Waals surface area contributed by atoms with Crippen molar-refractivity contribution in [3.8, 4) is 11.5 Å². The number of rotatable bonds is 7. The van der Waals surface area contributed by atoms with Crippen LogP contribution in [0.15, 0.2) is 78.9 Å². The molecule has 3 aromatic carbocycles. The maximum atomic E-state index is 12.7. The number of thiocarbonyl (C=S) groups is 1. The summed E-state index contributed by atoms with van der Waals surface area (Å²) >= 11 is 5.15. The molecular formula is C25H25N3O4S. The molecule has 0 unspecified atom stereocenters. The summed E-state index contributed by atoms with van der Waals surface area (Å²) in [6, 6.07) is 23.4.